The Morgan fingerprint density at radius 1 is 1.20 bits per heavy atom. The number of hydrogen-bond donors (Lipinski definition) is 0. The molecule has 0 rings (SSSR count). The van der Waals surface area contributed by atoms with Gasteiger partial charge < -0.3 is 8.85 Å². The van der Waals surface area contributed by atoms with E-state index in [0.717, 1.165) is 0 Å². The molecule has 0 aromatic carbocycles. The molecular weight excluding hydrogens is 151 g/mol. The zero-order valence-corrected chi connectivity index (χ0v) is 6.91. The molecule has 0 aromatic heterocycles. The highest BCUT2D eigenvalue weighted by atomic mass is 28.4. The Morgan fingerprint density at radius 2 is 1.60 bits per heavy atom. The summed E-state index contributed by atoms with van der Waals surface area (Å²) in [6, 6.07) is 0. The Bertz CT molecular complexity index is 95.9. The molecule has 0 heterocycles. The molecule has 0 aliphatic heterocycles. The Balaban J connectivity index is 3.15. The third kappa shape index (κ3) is 5.68. The van der Waals surface area contributed by atoms with Crippen molar-refractivity contribution in [2.75, 3.05) is 13.2 Å². The Kier molecular flexibility index (Phi) is 6.36. The summed E-state index contributed by atoms with van der Waals surface area (Å²) in [6.07, 6.45) is 2.97. The van der Waals surface area contributed by atoms with E-state index in [2.05, 4.69) is 22.0 Å². The zero-order valence-electron chi connectivity index (χ0n) is 5.75. The standard InChI is InChI=1S/C6H11FO2Si/c1-3-5-8-10(7)9-6-4-2/h3-4,10H,1-2,5-6H2. The second-order valence-electron chi connectivity index (χ2n) is 1.52. The minimum absolute atomic E-state index is 0.213. The molecular formula is C6H11FO2Si. The van der Waals surface area contributed by atoms with Crippen LogP contribution in [0.5, 0.6) is 0 Å². The van der Waals surface area contributed by atoms with Gasteiger partial charge in [0.25, 0.3) is 0 Å². The molecule has 0 aliphatic carbocycles. The van der Waals surface area contributed by atoms with E-state index >= 15 is 0 Å². The summed E-state index contributed by atoms with van der Waals surface area (Å²) >= 11 is 0. The van der Waals surface area contributed by atoms with Crippen molar-refractivity contribution in [3.63, 3.8) is 0 Å². The molecule has 0 atom stereocenters. The summed E-state index contributed by atoms with van der Waals surface area (Å²) in [5, 5.41) is 0. The smallest absolute Gasteiger partial charge is 0.369 e. The molecule has 0 fully saturated rings. The van der Waals surface area contributed by atoms with E-state index < -0.39 is 9.62 Å². The molecule has 0 aromatic rings. The fourth-order valence-electron chi connectivity index (χ4n) is 0.336. The van der Waals surface area contributed by atoms with Crippen LogP contribution >= 0.6 is 0 Å². The number of rotatable bonds is 6. The van der Waals surface area contributed by atoms with Crippen LogP contribution in [0.3, 0.4) is 0 Å². The van der Waals surface area contributed by atoms with Crippen LogP contribution in [0.15, 0.2) is 25.3 Å². The molecule has 0 spiro atoms. The molecule has 58 valence electrons. The van der Waals surface area contributed by atoms with Gasteiger partial charge in [0.15, 0.2) is 0 Å². The molecule has 2 nitrogen and oxygen atoms in total. The summed E-state index contributed by atoms with van der Waals surface area (Å²) in [4.78, 5) is 0. The third-order valence-corrected chi connectivity index (χ3v) is 1.60. The summed E-state index contributed by atoms with van der Waals surface area (Å²) in [5.41, 5.74) is 0. The van der Waals surface area contributed by atoms with E-state index in [-0.39, 0.29) is 13.2 Å². The van der Waals surface area contributed by atoms with Gasteiger partial charge >= 0.3 is 9.62 Å². The van der Waals surface area contributed by atoms with Crippen LogP contribution in [0.2, 0.25) is 0 Å². The minimum atomic E-state index is -2.88. The maximum Gasteiger partial charge on any atom is 0.524 e. The van der Waals surface area contributed by atoms with E-state index in [4.69, 9.17) is 0 Å². The number of hydrogen-bond acceptors (Lipinski definition) is 2. The van der Waals surface area contributed by atoms with Crippen molar-refractivity contribution in [3.8, 4) is 0 Å². The molecule has 0 amide bonds. The van der Waals surface area contributed by atoms with E-state index in [0.29, 0.717) is 0 Å². The van der Waals surface area contributed by atoms with E-state index in [1.54, 1.807) is 0 Å². The maximum absolute atomic E-state index is 12.4. The summed E-state index contributed by atoms with van der Waals surface area (Å²) in [7, 11) is -2.88. The fourth-order valence-corrected chi connectivity index (χ4v) is 1.01. The van der Waals surface area contributed by atoms with E-state index in [1.807, 2.05) is 0 Å². The lowest BCUT2D eigenvalue weighted by Gasteiger charge is -2.03. The van der Waals surface area contributed by atoms with Crippen LogP contribution in [-0.4, -0.2) is 22.8 Å². The van der Waals surface area contributed by atoms with Gasteiger partial charge in [0, 0.05) is 0 Å². The molecule has 0 saturated carbocycles. The Labute approximate surface area is 62.0 Å². The van der Waals surface area contributed by atoms with Crippen LogP contribution < -0.4 is 0 Å². The van der Waals surface area contributed by atoms with Crippen LogP contribution in [0.4, 0.5) is 4.11 Å². The van der Waals surface area contributed by atoms with Crippen molar-refractivity contribution in [2.45, 2.75) is 0 Å². The molecule has 0 N–H and O–H groups in total. The molecule has 0 bridgehead atoms. The third-order valence-electron chi connectivity index (χ3n) is 0.690. The van der Waals surface area contributed by atoms with Gasteiger partial charge in [-0.2, -0.15) is 0 Å². The predicted molar refractivity (Wildman–Crippen MR) is 40.6 cm³/mol. The lowest BCUT2D eigenvalue weighted by Crippen LogP contribution is -2.17. The summed E-state index contributed by atoms with van der Waals surface area (Å²) in [5.74, 6) is 0. The highest BCUT2D eigenvalue weighted by Crippen LogP contribution is 1.90. The van der Waals surface area contributed by atoms with Crippen molar-refractivity contribution in [2.24, 2.45) is 0 Å². The second kappa shape index (κ2) is 6.66. The summed E-state index contributed by atoms with van der Waals surface area (Å²) < 4.78 is 21.5. The fraction of sp³-hybridized carbons (Fsp3) is 0.333. The quantitative estimate of drug-likeness (QED) is 0.330. The second-order valence-corrected chi connectivity index (χ2v) is 2.73. The zero-order chi connectivity index (χ0) is 7.82. The summed E-state index contributed by atoms with van der Waals surface area (Å²) in [6.45, 7) is 7.16. The van der Waals surface area contributed by atoms with Crippen LogP contribution in [0.1, 0.15) is 0 Å². The van der Waals surface area contributed by atoms with Crippen LogP contribution in [-0.2, 0) is 8.85 Å². The monoisotopic (exact) mass is 162 g/mol. The van der Waals surface area contributed by atoms with Gasteiger partial charge in [-0.1, -0.05) is 12.2 Å². The Hall–Kier alpha value is -0.453. The van der Waals surface area contributed by atoms with Gasteiger partial charge in [-0.15, -0.1) is 13.2 Å². The number of halogens is 1. The largest absolute Gasteiger partial charge is 0.524 e. The van der Waals surface area contributed by atoms with Crippen molar-refractivity contribution in [3.05, 3.63) is 25.3 Å². The van der Waals surface area contributed by atoms with Crippen molar-refractivity contribution in [1.29, 1.82) is 0 Å². The topological polar surface area (TPSA) is 18.5 Å². The SMILES string of the molecule is C=CCO[SiH](F)OCC=C. The van der Waals surface area contributed by atoms with Crippen molar-refractivity contribution >= 4 is 9.62 Å². The lowest BCUT2D eigenvalue weighted by atomic mass is 10.7. The van der Waals surface area contributed by atoms with Crippen molar-refractivity contribution < 1.29 is 13.0 Å². The first kappa shape index (κ1) is 9.55. The predicted octanol–water partition coefficient (Wildman–Crippen LogP) is 1.08. The lowest BCUT2D eigenvalue weighted by molar-refractivity contribution is 0.193. The first-order valence-corrected chi connectivity index (χ1v) is 4.28. The average Bonchev–Trinajstić information content (AvgIpc) is 1.97. The normalized spacial score (nSPS) is 9.80. The van der Waals surface area contributed by atoms with Crippen LogP contribution in [0, 0.1) is 0 Å². The van der Waals surface area contributed by atoms with Gasteiger partial charge in [0.2, 0.25) is 0 Å². The maximum atomic E-state index is 12.4. The molecule has 4 heteroatoms. The minimum Gasteiger partial charge on any atom is -0.369 e. The van der Waals surface area contributed by atoms with E-state index in [9.17, 15) is 4.11 Å². The first-order chi connectivity index (χ1) is 4.81. The highest BCUT2D eigenvalue weighted by molar-refractivity contribution is 6.35. The van der Waals surface area contributed by atoms with Crippen LogP contribution in [0.25, 0.3) is 0 Å². The van der Waals surface area contributed by atoms with E-state index in [1.165, 1.54) is 12.2 Å². The molecule has 10 heavy (non-hydrogen) atoms. The molecule has 0 radical (unpaired) electrons. The van der Waals surface area contributed by atoms with Gasteiger partial charge in [0.05, 0.1) is 13.2 Å². The van der Waals surface area contributed by atoms with Crippen molar-refractivity contribution in [1.82, 2.24) is 0 Å². The van der Waals surface area contributed by atoms with Gasteiger partial charge in [-0.05, 0) is 0 Å². The average molecular weight is 162 g/mol. The molecule has 0 aliphatic rings. The molecule has 0 saturated heterocycles. The highest BCUT2D eigenvalue weighted by Gasteiger charge is 2.08. The van der Waals surface area contributed by atoms with Gasteiger partial charge in [-0.25, -0.2) is 4.11 Å². The van der Waals surface area contributed by atoms with Gasteiger partial charge in [-0.3, -0.25) is 0 Å². The first-order valence-electron chi connectivity index (χ1n) is 2.90. The van der Waals surface area contributed by atoms with Gasteiger partial charge in [0.1, 0.15) is 0 Å². The Morgan fingerprint density at radius 3 is 1.90 bits per heavy atom. The molecule has 0 unspecified atom stereocenters.